The molecule has 31 heavy (non-hydrogen) atoms. The lowest BCUT2D eigenvalue weighted by Crippen LogP contribution is -2.22. The van der Waals surface area contributed by atoms with Crippen molar-refractivity contribution in [1.29, 1.82) is 0 Å². The molecule has 7 heteroatoms. The van der Waals surface area contributed by atoms with E-state index in [4.69, 9.17) is 0 Å². The van der Waals surface area contributed by atoms with Crippen molar-refractivity contribution >= 4 is 28.4 Å². The molecule has 0 amide bonds. The first-order chi connectivity index (χ1) is 15.0. The number of para-hydroxylation sites is 2. The third kappa shape index (κ3) is 4.56. The van der Waals surface area contributed by atoms with Crippen molar-refractivity contribution < 1.29 is 13.6 Å². The van der Waals surface area contributed by atoms with E-state index in [0.29, 0.717) is 33.8 Å². The summed E-state index contributed by atoms with van der Waals surface area (Å²) in [6, 6.07) is 18.4. The highest BCUT2D eigenvalue weighted by atomic mass is 32.2. The van der Waals surface area contributed by atoms with Crippen molar-refractivity contribution in [2.75, 3.05) is 5.75 Å². The first-order valence-electron chi connectivity index (χ1n) is 9.73. The van der Waals surface area contributed by atoms with Gasteiger partial charge >= 0.3 is 0 Å². The zero-order valence-corrected chi connectivity index (χ0v) is 17.2. The first-order valence-corrected chi connectivity index (χ1v) is 10.7. The van der Waals surface area contributed by atoms with Gasteiger partial charge in [0.2, 0.25) is 0 Å². The number of benzene rings is 3. The van der Waals surface area contributed by atoms with E-state index in [9.17, 15) is 18.4 Å². The van der Waals surface area contributed by atoms with Crippen LogP contribution in [-0.2, 0) is 0 Å². The summed E-state index contributed by atoms with van der Waals surface area (Å²) in [5, 5.41) is 0.768. The lowest BCUT2D eigenvalue weighted by Gasteiger charge is -2.13. The van der Waals surface area contributed by atoms with E-state index in [-0.39, 0.29) is 29.3 Å². The zero-order valence-electron chi connectivity index (χ0n) is 16.4. The maximum Gasteiger partial charge on any atom is 0.266 e. The highest BCUT2D eigenvalue weighted by molar-refractivity contribution is 7.99. The molecule has 0 aliphatic carbocycles. The summed E-state index contributed by atoms with van der Waals surface area (Å²) < 4.78 is 28.8. The molecule has 4 rings (SSSR count). The molecule has 0 atom stereocenters. The monoisotopic (exact) mass is 436 g/mol. The molecule has 0 spiro atoms. The molecule has 4 aromatic rings. The average molecular weight is 436 g/mol. The molecule has 0 aliphatic rings. The van der Waals surface area contributed by atoms with Gasteiger partial charge in [0, 0.05) is 17.7 Å². The van der Waals surface area contributed by atoms with Crippen molar-refractivity contribution in [3.05, 3.63) is 100 Å². The fourth-order valence-electron chi connectivity index (χ4n) is 3.23. The summed E-state index contributed by atoms with van der Waals surface area (Å²) in [7, 11) is 0. The molecule has 156 valence electrons. The van der Waals surface area contributed by atoms with Crippen LogP contribution < -0.4 is 5.56 Å². The number of ketones is 1. The normalized spacial score (nSPS) is 11.0. The Balaban J connectivity index is 1.57. The Bertz CT molecular complexity index is 1300. The number of Topliss-reactive ketones (excluding diaryl/α,β-unsaturated/α-hetero) is 1. The molecule has 0 saturated carbocycles. The number of fused-ring (bicyclic) bond motifs is 1. The van der Waals surface area contributed by atoms with E-state index in [1.54, 1.807) is 36.4 Å². The molecule has 3 aromatic carbocycles. The second-order valence-electron chi connectivity index (χ2n) is 6.89. The molecule has 0 aliphatic heterocycles. The molecule has 1 heterocycles. The van der Waals surface area contributed by atoms with Crippen molar-refractivity contribution in [2.45, 2.75) is 18.0 Å². The van der Waals surface area contributed by atoms with Crippen LogP contribution in [0.2, 0.25) is 0 Å². The third-order valence-electron chi connectivity index (χ3n) is 4.78. The number of carbonyl (C=O) groups excluding carboxylic acids is 1. The number of carbonyl (C=O) groups is 1. The fraction of sp³-hybridized carbons (Fsp3) is 0.125. The third-order valence-corrected chi connectivity index (χ3v) is 5.81. The van der Waals surface area contributed by atoms with Gasteiger partial charge in [-0.3, -0.25) is 14.2 Å². The van der Waals surface area contributed by atoms with Gasteiger partial charge in [-0.25, -0.2) is 13.8 Å². The maximum absolute atomic E-state index is 14.5. The van der Waals surface area contributed by atoms with Gasteiger partial charge in [0.1, 0.15) is 11.6 Å². The molecule has 0 saturated heterocycles. The summed E-state index contributed by atoms with van der Waals surface area (Å²) in [6.07, 6.45) is 0.803. The van der Waals surface area contributed by atoms with Crippen LogP contribution in [0, 0.1) is 11.6 Å². The van der Waals surface area contributed by atoms with Gasteiger partial charge in [-0.2, -0.15) is 0 Å². The van der Waals surface area contributed by atoms with Gasteiger partial charge < -0.3 is 0 Å². The quantitative estimate of drug-likeness (QED) is 0.168. The Morgan fingerprint density at radius 1 is 0.935 bits per heavy atom. The van der Waals surface area contributed by atoms with Crippen LogP contribution in [0.25, 0.3) is 16.6 Å². The van der Waals surface area contributed by atoms with Crippen LogP contribution in [0.15, 0.2) is 82.7 Å². The second-order valence-corrected chi connectivity index (χ2v) is 7.95. The van der Waals surface area contributed by atoms with Crippen molar-refractivity contribution in [3.63, 3.8) is 0 Å². The van der Waals surface area contributed by atoms with Crippen molar-refractivity contribution in [1.82, 2.24) is 9.55 Å². The Morgan fingerprint density at radius 2 is 1.65 bits per heavy atom. The minimum Gasteiger partial charge on any atom is -0.294 e. The van der Waals surface area contributed by atoms with Gasteiger partial charge in [0.15, 0.2) is 10.9 Å². The summed E-state index contributed by atoms with van der Waals surface area (Å²) in [6.45, 7) is 0. The van der Waals surface area contributed by atoms with E-state index in [2.05, 4.69) is 4.98 Å². The highest BCUT2D eigenvalue weighted by Gasteiger charge is 2.16. The molecule has 0 bridgehead atoms. The smallest absolute Gasteiger partial charge is 0.266 e. The minimum atomic E-state index is -0.519. The average Bonchev–Trinajstić information content (AvgIpc) is 2.78. The van der Waals surface area contributed by atoms with Gasteiger partial charge in [-0.05, 0) is 55.0 Å². The molecular weight excluding hydrogens is 418 g/mol. The zero-order chi connectivity index (χ0) is 21.8. The Kier molecular flexibility index (Phi) is 6.23. The molecule has 0 fully saturated rings. The van der Waals surface area contributed by atoms with Crippen LogP contribution in [0.3, 0.4) is 0 Å². The van der Waals surface area contributed by atoms with Gasteiger partial charge in [0.05, 0.1) is 16.6 Å². The molecule has 4 nitrogen and oxygen atoms in total. The summed E-state index contributed by atoms with van der Waals surface area (Å²) in [5.41, 5.74) is 0.778. The largest absolute Gasteiger partial charge is 0.294 e. The van der Waals surface area contributed by atoms with E-state index in [1.807, 2.05) is 0 Å². The number of halogens is 2. The van der Waals surface area contributed by atoms with Crippen molar-refractivity contribution in [3.8, 4) is 5.69 Å². The number of nitrogens with zero attached hydrogens (tertiary/aromatic N) is 2. The Hall–Kier alpha value is -3.32. The maximum atomic E-state index is 14.5. The van der Waals surface area contributed by atoms with E-state index >= 15 is 0 Å². The van der Waals surface area contributed by atoms with Crippen molar-refractivity contribution in [2.24, 2.45) is 0 Å². The van der Waals surface area contributed by atoms with Crippen LogP contribution in [-0.4, -0.2) is 21.1 Å². The number of aromatic nitrogens is 2. The summed E-state index contributed by atoms with van der Waals surface area (Å²) in [4.78, 5) is 30.0. The molecule has 1 aromatic heterocycles. The predicted octanol–water partition coefficient (Wildman–Crippen LogP) is 5.42. The number of hydrogen-bond acceptors (Lipinski definition) is 4. The van der Waals surface area contributed by atoms with Crippen LogP contribution in [0.1, 0.15) is 23.2 Å². The van der Waals surface area contributed by atoms with Gasteiger partial charge in [-0.15, -0.1) is 0 Å². The van der Waals surface area contributed by atoms with E-state index < -0.39 is 5.82 Å². The number of rotatable bonds is 7. The number of hydrogen-bond donors (Lipinski definition) is 0. The summed E-state index contributed by atoms with van der Waals surface area (Å²) in [5.74, 6) is -0.485. The topological polar surface area (TPSA) is 52.0 Å². The highest BCUT2D eigenvalue weighted by Crippen LogP contribution is 2.24. The fourth-order valence-corrected chi connectivity index (χ4v) is 4.18. The van der Waals surface area contributed by atoms with Crippen LogP contribution in [0.4, 0.5) is 8.78 Å². The Morgan fingerprint density at radius 3 is 2.42 bits per heavy atom. The van der Waals surface area contributed by atoms with Crippen LogP contribution >= 0.6 is 11.8 Å². The lowest BCUT2D eigenvalue weighted by atomic mass is 10.1. The molecule has 0 N–H and O–H groups in total. The van der Waals surface area contributed by atoms with E-state index in [1.165, 1.54) is 52.7 Å². The number of thioether (sulfide) groups is 1. The van der Waals surface area contributed by atoms with Gasteiger partial charge in [-0.1, -0.05) is 36.0 Å². The first kappa shape index (κ1) is 20.9. The standard InChI is InChI=1S/C24H18F2N2O2S/c25-17-13-11-16(12-14-17)22(29)10-5-15-31-24-27-20-8-3-1-6-18(20)23(30)28(24)21-9-4-2-7-19(21)26/h1-4,6-9,11-14H,5,10,15H2. The SMILES string of the molecule is O=C(CCCSc1nc2ccccc2c(=O)n1-c1ccccc1F)c1ccc(F)cc1. The summed E-state index contributed by atoms with van der Waals surface area (Å²) >= 11 is 1.29. The predicted molar refractivity (Wildman–Crippen MR) is 118 cm³/mol. The molecule has 0 unspecified atom stereocenters. The van der Waals surface area contributed by atoms with E-state index in [0.717, 1.165) is 0 Å². The molecular formula is C24H18F2N2O2S. The Labute approximate surface area is 181 Å². The van der Waals surface area contributed by atoms with Gasteiger partial charge in [0.25, 0.3) is 5.56 Å². The minimum absolute atomic E-state index is 0.0847. The second kappa shape index (κ2) is 9.22. The molecule has 0 radical (unpaired) electrons. The van der Waals surface area contributed by atoms with Crippen LogP contribution in [0.5, 0.6) is 0 Å². The lowest BCUT2D eigenvalue weighted by molar-refractivity contribution is 0.0982.